The Morgan fingerprint density at radius 1 is 1.27 bits per heavy atom. The normalized spacial score (nSPS) is 18.0. The van der Waals surface area contributed by atoms with Crippen molar-refractivity contribution in [1.29, 1.82) is 0 Å². The van der Waals surface area contributed by atoms with Gasteiger partial charge in [0.15, 0.2) is 6.61 Å². The quantitative estimate of drug-likeness (QED) is 0.820. The van der Waals surface area contributed by atoms with Crippen molar-refractivity contribution in [3.8, 4) is 5.75 Å². The van der Waals surface area contributed by atoms with Crippen LogP contribution in [0.4, 0.5) is 0 Å². The van der Waals surface area contributed by atoms with Crippen molar-refractivity contribution in [3.05, 3.63) is 42.1 Å². The van der Waals surface area contributed by atoms with Crippen LogP contribution in [0.5, 0.6) is 5.75 Å². The Bertz CT molecular complexity index is 721. The Labute approximate surface area is 154 Å². The summed E-state index contributed by atoms with van der Waals surface area (Å²) >= 11 is 0. The lowest BCUT2D eigenvalue weighted by atomic mass is 9.92. The molecule has 3 rings (SSSR count). The summed E-state index contributed by atoms with van der Waals surface area (Å²) in [5.41, 5.74) is 0.104. The van der Waals surface area contributed by atoms with Crippen LogP contribution < -0.4 is 4.74 Å². The van der Waals surface area contributed by atoms with E-state index in [1.165, 1.54) is 0 Å². The standard InChI is InChI=1S/C20H27N3O3/c1-20(2,3)12-17-21-22-19(26-17)15-8-7-11-23(13-15)18(24)14-25-16-9-5-4-6-10-16/h4-6,9-10,15H,7-8,11-14H2,1-3H3. The third kappa shape index (κ3) is 5.07. The van der Waals surface area contributed by atoms with Crippen molar-refractivity contribution < 1.29 is 13.9 Å². The molecule has 1 unspecified atom stereocenters. The predicted octanol–water partition coefficient (Wildman–Crippen LogP) is 3.44. The summed E-state index contributed by atoms with van der Waals surface area (Å²) in [5, 5.41) is 8.40. The Morgan fingerprint density at radius 2 is 2.04 bits per heavy atom. The van der Waals surface area contributed by atoms with Gasteiger partial charge in [0.1, 0.15) is 5.75 Å². The Kier molecular flexibility index (Phi) is 5.59. The van der Waals surface area contributed by atoms with Crippen molar-refractivity contribution in [1.82, 2.24) is 15.1 Å². The summed E-state index contributed by atoms with van der Waals surface area (Å²) in [5.74, 6) is 2.12. The fourth-order valence-corrected chi connectivity index (χ4v) is 3.11. The number of para-hydroxylation sites is 1. The van der Waals surface area contributed by atoms with Crippen LogP contribution in [-0.2, 0) is 11.2 Å². The molecule has 1 aromatic carbocycles. The summed E-state index contributed by atoms with van der Waals surface area (Å²) in [6, 6.07) is 9.40. The largest absolute Gasteiger partial charge is 0.484 e. The number of aromatic nitrogens is 2. The number of rotatable bonds is 5. The Hall–Kier alpha value is -2.37. The molecular formula is C20H27N3O3. The van der Waals surface area contributed by atoms with Crippen LogP contribution in [0, 0.1) is 5.41 Å². The van der Waals surface area contributed by atoms with Crippen molar-refractivity contribution in [3.63, 3.8) is 0 Å². The van der Waals surface area contributed by atoms with E-state index in [0.29, 0.717) is 24.1 Å². The number of benzene rings is 1. The van der Waals surface area contributed by atoms with Crippen LogP contribution >= 0.6 is 0 Å². The van der Waals surface area contributed by atoms with Gasteiger partial charge in [-0.05, 0) is 30.4 Å². The van der Waals surface area contributed by atoms with Gasteiger partial charge in [0, 0.05) is 19.5 Å². The van der Waals surface area contributed by atoms with E-state index in [2.05, 4.69) is 31.0 Å². The second-order valence-electron chi connectivity index (χ2n) is 8.05. The summed E-state index contributed by atoms with van der Waals surface area (Å²) in [6.07, 6.45) is 2.64. The number of nitrogens with zero attached hydrogens (tertiary/aromatic N) is 3. The third-order valence-corrected chi connectivity index (χ3v) is 4.39. The molecule has 140 valence electrons. The summed E-state index contributed by atoms with van der Waals surface area (Å²) in [4.78, 5) is 14.3. The number of hydrogen-bond donors (Lipinski definition) is 0. The van der Waals surface area contributed by atoms with Gasteiger partial charge in [-0.25, -0.2) is 0 Å². The van der Waals surface area contributed by atoms with Gasteiger partial charge in [0.05, 0.1) is 5.92 Å². The highest BCUT2D eigenvalue weighted by molar-refractivity contribution is 5.78. The van der Waals surface area contributed by atoms with Gasteiger partial charge >= 0.3 is 0 Å². The highest BCUT2D eigenvalue weighted by atomic mass is 16.5. The SMILES string of the molecule is CC(C)(C)Cc1nnc(C2CCCN(C(=O)COc3ccccc3)C2)o1. The van der Waals surface area contributed by atoms with Gasteiger partial charge in [-0.1, -0.05) is 39.0 Å². The summed E-state index contributed by atoms with van der Waals surface area (Å²) in [6.45, 7) is 7.83. The number of piperidine rings is 1. The van der Waals surface area contributed by atoms with E-state index in [1.807, 2.05) is 35.2 Å². The number of likely N-dealkylation sites (tertiary alicyclic amines) is 1. The maximum absolute atomic E-state index is 12.5. The zero-order valence-electron chi connectivity index (χ0n) is 15.8. The maximum atomic E-state index is 12.5. The van der Waals surface area contributed by atoms with E-state index in [0.717, 1.165) is 25.8 Å². The molecule has 0 bridgehead atoms. The van der Waals surface area contributed by atoms with Crippen molar-refractivity contribution in [2.75, 3.05) is 19.7 Å². The van der Waals surface area contributed by atoms with E-state index >= 15 is 0 Å². The molecule has 2 heterocycles. The maximum Gasteiger partial charge on any atom is 0.260 e. The van der Waals surface area contributed by atoms with Crippen molar-refractivity contribution in [2.45, 2.75) is 46.0 Å². The van der Waals surface area contributed by atoms with Gasteiger partial charge in [-0.15, -0.1) is 10.2 Å². The zero-order valence-corrected chi connectivity index (χ0v) is 15.8. The van der Waals surface area contributed by atoms with Gasteiger partial charge < -0.3 is 14.1 Å². The smallest absolute Gasteiger partial charge is 0.260 e. The van der Waals surface area contributed by atoms with Crippen LogP contribution in [-0.4, -0.2) is 40.7 Å². The van der Waals surface area contributed by atoms with Gasteiger partial charge in [-0.3, -0.25) is 4.79 Å². The molecule has 1 amide bonds. The first-order valence-electron chi connectivity index (χ1n) is 9.18. The molecule has 1 saturated heterocycles. The molecule has 0 radical (unpaired) electrons. The molecule has 1 atom stereocenters. The highest BCUT2D eigenvalue weighted by Crippen LogP contribution is 2.28. The first-order valence-corrected chi connectivity index (χ1v) is 9.18. The van der Waals surface area contributed by atoms with Crippen molar-refractivity contribution in [2.24, 2.45) is 5.41 Å². The third-order valence-electron chi connectivity index (χ3n) is 4.39. The molecule has 0 saturated carbocycles. The van der Waals surface area contributed by atoms with Crippen LogP contribution in [0.2, 0.25) is 0 Å². The second-order valence-corrected chi connectivity index (χ2v) is 8.05. The van der Waals surface area contributed by atoms with Gasteiger partial charge in [0.2, 0.25) is 11.8 Å². The second kappa shape index (κ2) is 7.89. The molecule has 1 aliphatic rings. The molecule has 0 aliphatic carbocycles. The predicted molar refractivity (Wildman–Crippen MR) is 97.9 cm³/mol. The molecule has 0 spiro atoms. The van der Waals surface area contributed by atoms with E-state index in [1.54, 1.807) is 0 Å². The number of carbonyl (C=O) groups is 1. The number of ether oxygens (including phenoxy) is 1. The van der Waals surface area contributed by atoms with Crippen molar-refractivity contribution >= 4 is 5.91 Å². The van der Waals surface area contributed by atoms with Crippen LogP contribution in [0.1, 0.15) is 51.3 Å². The molecule has 2 aromatic rings. The topological polar surface area (TPSA) is 68.5 Å². The number of hydrogen-bond acceptors (Lipinski definition) is 5. The fourth-order valence-electron chi connectivity index (χ4n) is 3.11. The molecule has 1 aliphatic heterocycles. The molecule has 1 fully saturated rings. The van der Waals surface area contributed by atoms with Gasteiger partial charge in [0.25, 0.3) is 5.91 Å². The van der Waals surface area contributed by atoms with Gasteiger partial charge in [-0.2, -0.15) is 0 Å². The first kappa shape index (κ1) is 18.4. The molecule has 6 heteroatoms. The average molecular weight is 357 g/mol. The van der Waals surface area contributed by atoms with E-state index < -0.39 is 0 Å². The van der Waals surface area contributed by atoms with Crippen LogP contribution in [0.3, 0.4) is 0 Å². The summed E-state index contributed by atoms with van der Waals surface area (Å²) < 4.78 is 11.4. The highest BCUT2D eigenvalue weighted by Gasteiger charge is 2.29. The average Bonchev–Trinajstić information content (AvgIpc) is 3.07. The molecule has 6 nitrogen and oxygen atoms in total. The minimum absolute atomic E-state index is 0.00650. The lowest BCUT2D eigenvalue weighted by Gasteiger charge is -2.31. The minimum atomic E-state index is -0.00650. The Balaban J connectivity index is 1.56. The van der Waals surface area contributed by atoms with E-state index in [-0.39, 0.29) is 23.8 Å². The number of amides is 1. The molecule has 26 heavy (non-hydrogen) atoms. The van der Waals surface area contributed by atoms with E-state index in [9.17, 15) is 4.79 Å². The summed E-state index contributed by atoms with van der Waals surface area (Å²) in [7, 11) is 0. The molecular weight excluding hydrogens is 330 g/mol. The number of carbonyl (C=O) groups excluding carboxylic acids is 1. The lowest BCUT2D eigenvalue weighted by molar-refractivity contribution is -0.134. The van der Waals surface area contributed by atoms with Crippen LogP contribution in [0.25, 0.3) is 0 Å². The minimum Gasteiger partial charge on any atom is -0.484 e. The van der Waals surface area contributed by atoms with Crippen LogP contribution in [0.15, 0.2) is 34.7 Å². The Morgan fingerprint density at radius 3 is 2.77 bits per heavy atom. The monoisotopic (exact) mass is 357 g/mol. The molecule has 0 N–H and O–H groups in total. The lowest BCUT2D eigenvalue weighted by Crippen LogP contribution is -2.41. The zero-order chi connectivity index (χ0) is 18.6. The van der Waals surface area contributed by atoms with E-state index in [4.69, 9.17) is 9.15 Å². The fraction of sp³-hybridized carbons (Fsp3) is 0.550. The first-order chi connectivity index (χ1) is 12.4. The molecule has 1 aromatic heterocycles.